The summed E-state index contributed by atoms with van der Waals surface area (Å²) in [5.41, 5.74) is 1.98. The molecule has 0 radical (unpaired) electrons. The van der Waals surface area contributed by atoms with Gasteiger partial charge in [-0.2, -0.15) is 0 Å². The van der Waals surface area contributed by atoms with Gasteiger partial charge < -0.3 is 9.84 Å². The van der Waals surface area contributed by atoms with Crippen molar-refractivity contribution in [3.05, 3.63) is 23.3 Å². The zero-order chi connectivity index (χ0) is 11.7. The highest BCUT2D eigenvalue weighted by molar-refractivity contribution is 7.97. The number of hydrogen-bond donors (Lipinski definition) is 1. The van der Waals surface area contributed by atoms with E-state index in [1.165, 1.54) is 17.1 Å². The van der Waals surface area contributed by atoms with Crippen molar-refractivity contribution in [1.82, 2.24) is 0 Å². The maximum Gasteiger partial charge on any atom is 0.155 e. The molecule has 0 bridgehead atoms. The summed E-state index contributed by atoms with van der Waals surface area (Å²) in [6.07, 6.45) is 1.59. The maximum absolute atomic E-state index is 9.75. The molecule has 1 aromatic carbocycles. The Balaban J connectivity index is 2.22. The van der Waals surface area contributed by atoms with Crippen molar-refractivity contribution in [3.8, 4) is 5.75 Å². The number of rotatable bonds is 2. The minimum atomic E-state index is 0.314. The van der Waals surface area contributed by atoms with Gasteiger partial charge in [-0.3, -0.25) is 0 Å². The van der Waals surface area contributed by atoms with Crippen LogP contribution in [0.3, 0.4) is 0 Å². The average Bonchev–Trinajstić information content (AvgIpc) is 2.73. The predicted octanol–water partition coefficient (Wildman–Crippen LogP) is 2.40. The van der Waals surface area contributed by atoms with E-state index < -0.39 is 0 Å². The van der Waals surface area contributed by atoms with Crippen molar-refractivity contribution >= 4 is 10.9 Å². The maximum atomic E-state index is 9.75. The van der Waals surface area contributed by atoms with Crippen LogP contribution in [0.5, 0.6) is 5.75 Å². The van der Waals surface area contributed by atoms with Crippen LogP contribution < -0.4 is 0 Å². The molecule has 3 heteroatoms. The lowest BCUT2D eigenvalue weighted by molar-refractivity contribution is 0.124. The summed E-state index contributed by atoms with van der Waals surface area (Å²) in [7, 11) is 2.11. The molecular formula is C13H19O2S+. The fourth-order valence-electron chi connectivity index (χ4n) is 2.15. The van der Waals surface area contributed by atoms with Crippen LogP contribution in [-0.4, -0.2) is 29.8 Å². The van der Waals surface area contributed by atoms with Crippen LogP contribution in [0.4, 0.5) is 0 Å². The molecule has 0 aromatic heterocycles. The second kappa shape index (κ2) is 4.68. The largest absolute Gasteiger partial charge is 0.507 e. The molecule has 1 heterocycles. The molecule has 1 N–H and O–H groups in total. The monoisotopic (exact) mass is 239 g/mol. The number of phenolic OH excluding ortho intramolecular Hbond substituents is 1. The molecule has 1 saturated heterocycles. The number of aromatic hydroxyl groups is 1. The highest BCUT2D eigenvalue weighted by Crippen LogP contribution is 2.30. The number of phenols is 1. The van der Waals surface area contributed by atoms with Crippen LogP contribution in [-0.2, 0) is 15.6 Å². The lowest BCUT2D eigenvalue weighted by Gasteiger charge is -2.07. The SMILES string of the molecule is COC1CC[S+](c2cc(C)c(O)c(C)c2)C1. The molecule has 0 saturated carbocycles. The Hall–Kier alpha value is -0.670. The van der Waals surface area contributed by atoms with Gasteiger partial charge in [0, 0.05) is 24.4 Å². The fraction of sp³-hybridized carbons (Fsp3) is 0.538. The van der Waals surface area contributed by atoms with Crippen molar-refractivity contribution in [2.45, 2.75) is 31.3 Å². The van der Waals surface area contributed by atoms with Crippen LogP contribution >= 0.6 is 0 Å². The van der Waals surface area contributed by atoms with Crippen molar-refractivity contribution in [2.75, 3.05) is 18.6 Å². The first-order valence-corrected chi connectivity index (χ1v) is 7.18. The smallest absolute Gasteiger partial charge is 0.155 e. The van der Waals surface area contributed by atoms with Gasteiger partial charge in [0.25, 0.3) is 0 Å². The molecule has 1 aromatic rings. The van der Waals surface area contributed by atoms with Crippen molar-refractivity contribution < 1.29 is 9.84 Å². The second-order valence-electron chi connectivity index (χ2n) is 4.42. The molecule has 2 unspecified atom stereocenters. The quantitative estimate of drug-likeness (QED) is 0.803. The molecule has 2 nitrogen and oxygen atoms in total. The Morgan fingerprint density at radius 1 is 1.31 bits per heavy atom. The van der Waals surface area contributed by atoms with E-state index in [2.05, 4.69) is 12.1 Å². The number of hydrogen-bond acceptors (Lipinski definition) is 2. The van der Waals surface area contributed by atoms with E-state index in [0.29, 0.717) is 22.7 Å². The third kappa shape index (κ3) is 2.20. The van der Waals surface area contributed by atoms with Gasteiger partial charge >= 0.3 is 0 Å². The summed E-state index contributed by atoms with van der Waals surface area (Å²) in [6, 6.07) is 4.26. The Bertz CT molecular complexity index is 367. The predicted molar refractivity (Wildman–Crippen MR) is 68.4 cm³/mol. The number of methoxy groups -OCH3 is 1. The second-order valence-corrected chi connectivity index (χ2v) is 6.61. The van der Waals surface area contributed by atoms with E-state index >= 15 is 0 Å². The van der Waals surface area contributed by atoms with Gasteiger partial charge in [-0.1, -0.05) is 0 Å². The summed E-state index contributed by atoms with van der Waals surface area (Å²) in [5.74, 6) is 2.80. The first-order valence-electron chi connectivity index (χ1n) is 5.62. The highest BCUT2D eigenvalue weighted by Gasteiger charge is 2.35. The van der Waals surface area contributed by atoms with E-state index in [1.54, 1.807) is 7.11 Å². The zero-order valence-electron chi connectivity index (χ0n) is 10.1. The van der Waals surface area contributed by atoms with Crippen molar-refractivity contribution in [1.29, 1.82) is 0 Å². The number of ether oxygens (including phenoxy) is 1. The standard InChI is InChI=1S/C13H18O2S/c1-9-6-12(7-10(2)13(9)14)16-5-4-11(8-16)15-3/h6-7,11H,4-5,8H2,1-3H3/p+1. The molecule has 88 valence electrons. The normalized spacial score (nSPS) is 24.9. The lowest BCUT2D eigenvalue weighted by atomic mass is 10.1. The molecule has 0 spiro atoms. The third-order valence-electron chi connectivity index (χ3n) is 3.20. The molecule has 16 heavy (non-hydrogen) atoms. The summed E-state index contributed by atoms with van der Waals surface area (Å²) < 4.78 is 5.40. The van der Waals surface area contributed by atoms with Gasteiger partial charge in [-0.15, -0.1) is 0 Å². The van der Waals surface area contributed by atoms with Gasteiger partial charge in [0.1, 0.15) is 23.4 Å². The Morgan fingerprint density at radius 2 is 1.94 bits per heavy atom. The zero-order valence-corrected chi connectivity index (χ0v) is 10.9. The van der Waals surface area contributed by atoms with Gasteiger partial charge in [-0.05, 0) is 37.1 Å². The van der Waals surface area contributed by atoms with Gasteiger partial charge in [0.2, 0.25) is 0 Å². The molecule has 2 atom stereocenters. The van der Waals surface area contributed by atoms with Crippen molar-refractivity contribution in [3.63, 3.8) is 0 Å². The van der Waals surface area contributed by atoms with Crippen LogP contribution in [0.2, 0.25) is 0 Å². The molecule has 0 amide bonds. The van der Waals surface area contributed by atoms with Gasteiger partial charge in [0.05, 0.1) is 0 Å². The molecule has 1 aliphatic rings. The summed E-state index contributed by atoms with van der Waals surface area (Å²) in [6.45, 7) is 3.94. The van der Waals surface area contributed by atoms with E-state index in [9.17, 15) is 5.11 Å². The Labute approximate surface area is 100.0 Å². The number of aryl methyl sites for hydroxylation is 2. The molecule has 0 aliphatic carbocycles. The van der Waals surface area contributed by atoms with E-state index in [1.807, 2.05) is 13.8 Å². The minimum Gasteiger partial charge on any atom is -0.507 e. The van der Waals surface area contributed by atoms with E-state index in [0.717, 1.165) is 16.9 Å². The summed E-state index contributed by atoms with van der Waals surface area (Å²) >= 11 is 0. The fourth-order valence-corrected chi connectivity index (χ4v) is 4.73. The van der Waals surface area contributed by atoms with Crippen LogP contribution in [0.1, 0.15) is 17.5 Å². The van der Waals surface area contributed by atoms with Crippen molar-refractivity contribution in [2.24, 2.45) is 0 Å². The molecule has 1 aliphatic heterocycles. The molecule has 2 rings (SSSR count). The van der Waals surface area contributed by atoms with Gasteiger partial charge in [-0.25, -0.2) is 0 Å². The van der Waals surface area contributed by atoms with Crippen LogP contribution in [0, 0.1) is 13.8 Å². The minimum absolute atomic E-state index is 0.314. The average molecular weight is 239 g/mol. The van der Waals surface area contributed by atoms with Crippen LogP contribution in [0.25, 0.3) is 0 Å². The topological polar surface area (TPSA) is 29.5 Å². The Kier molecular flexibility index (Phi) is 3.45. The Morgan fingerprint density at radius 3 is 2.44 bits per heavy atom. The molecular weight excluding hydrogens is 220 g/mol. The van der Waals surface area contributed by atoms with Crippen LogP contribution in [0.15, 0.2) is 17.0 Å². The summed E-state index contributed by atoms with van der Waals surface area (Å²) in [5, 5.41) is 9.75. The lowest BCUT2D eigenvalue weighted by Crippen LogP contribution is -2.12. The summed E-state index contributed by atoms with van der Waals surface area (Å²) in [4.78, 5) is 1.38. The first-order chi connectivity index (χ1) is 7.61. The van der Waals surface area contributed by atoms with E-state index in [-0.39, 0.29) is 0 Å². The molecule has 1 fully saturated rings. The number of benzene rings is 1. The third-order valence-corrected chi connectivity index (χ3v) is 5.61. The first kappa shape index (κ1) is 11.8. The van der Waals surface area contributed by atoms with E-state index in [4.69, 9.17) is 4.74 Å². The highest BCUT2D eigenvalue weighted by atomic mass is 32.2. The van der Waals surface area contributed by atoms with Gasteiger partial charge in [0.15, 0.2) is 4.90 Å².